The Morgan fingerprint density at radius 2 is 1.79 bits per heavy atom. The fourth-order valence-electron chi connectivity index (χ4n) is 2.28. The maximum Gasteiger partial charge on any atom is 0.185 e. The van der Waals surface area contributed by atoms with Gasteiger partial charge in [-0.15, -0.1) is 0 Å². The number of aromatic nitrogens is 1. The van der Waals surface area contributed by atoms with E-state index in [0.717, 1.165) is 16.7 Å². The first-order valence-electron chi connectivity index (χ1n) is 6.19. The Kier molecular flexibility index (Phi) is 4.01. The van der Waals surface area contributed by atoms with Crippen molar-refractivity contribution in [1.29, 1.82) is 0 Å². The zero-order valence-corrected chi connectivity index (χ0v) is 12.1. The largest absolute Gasteiger partial charge is 0.292 e. The summed E-state index contributed by atoms with van der Waals surface area (Å²) in [4.78, 5) is 16.3. The van der Waals surface area contributed by atoms with Gasteiger partial charge in [-0.1, -0.05) is 29.3 Å². The molecule has 1 aromatic carbocycles. The van der Waals surface area contributed by atoms with Crippen molar-refractivity contribution in [2.24, 2.45) is 0 Å². The summed E-state index contributed by atoms with van der Waals surface area (Å²) in [6.07, 6.45) is 1.89. The highest BCUT2D eigenvalue weighted by atomic mass is 35.5. The fourth-order valence-corrected chi connectivity index (χ4v) is 2.39. The third-order valence-electron chi connectivity index (χ3n) is 3.19. The molecular formula is C16H16ClNO. The summed E-state index contributed by atoms with van der Waals surface area (Å²) in [6, 6.07) is 7.57. The number of carbonyl (C=O) groups is 1. The van der Waals surface area contributed by atoms with Crippen molar-refractivity contribution in [3.05, 3.63) is 63.4 Å². The van der Waals surface area contributed by atoms with E-state index in [9.17, 15) is 4.79 Å². The minimum absolute atomic E-state index is 0.0201. The van der Waals surface area contributed by atoms with Gasteiger partial charge in [-0.25, -0.2) is 0 Å². The first-order chi connectivity index (χ1) is 8.97. The Labute approximate surface area is 118 Å². The van der Waals surface area contributed by atoms with Gasteiger partial charge in [-0.2, -0.15) is 0 Å². The Morgan fingerprint density at radius 1 is 1.16 bits per heavy atom. The lowest BCUT2D eigenvalue weighted by molar-refractivity contribution is 0.0988. The Bertz CT molecular complexity index is 594. The molecule has 0 aliphatic heterocycles. The standard InChI is InChI=1S/C16H16ClNO/c1-10-6-11(2)14(12(3)7-10)8-16(19)15-5-4-13(17)9-18-15/h4-7,9H,8H2,1-3H3. The quantitative estimate of drug-likeness (QED) is 0.789. The second-order valence-electron chi connectivity index (χ2n) is 4.84. The number of rotatable bonds is 3. The predicted octanol–water partition coefficient (Wildman–Crippen LogP) is 4.09. The van der Waals surface area contributed by atoms with Crippen LogP contribution in [0.15, 0.2) is 30.5 Å². The van der Waals surface area contributed by atoms with E-state index in [1.165, 1.54) is 11.8 Å². The molecule has 0 unspecified atom stereocenters. The third kappa shape index (κ3) is 3.21. The molecule has 0 amide bonds. The van der Waals surface area contributed by atoms with Crippen molar-refractivity contribution >= 4 is 17.4 Å². The minimum atomic E-state index is 0.0201. The molecule has 2 rings (SSSR count). The van der Waals surface area contributed by atoms with Crippen molar-refractivity contribution in [1.82, 2.24) is 4.98 Å². The first kappa shape index (κ1) is 13.8. The molecule has 0 spiro atoms. The van der Waals surface area contributed by atoms with Crippen LogP contribution in [0.4, 0.5) is 0 Å². The van der Waals surface area contributed by atoms with Crippen molar-refractivity contribution in [2.75, 3.05) is 0 Å². The number of nitrogens with zero attached hydrogens (tertiary/aromatic N) is 1. The summed E-state index contributed by atoms with van der Waals surface area (Å²) >= 11 is 5.77. The van der Waals surface area contributed by atoms with Crippen LogP contribution < -0.4 is 0 Å². The van der Waals surface area contributed by atoms with Crippen molar-refractivity contribution < 1.29 is 4.79 Å². The molecule has 3 heteroatoms. The summed E-state index contributed by atoms with van der Waals surface area (Å²) in [7, 11) is 0. The number of carbonyl (C=O) groups excluding carboxylic acids is 1. The number of Topliss-reactive ketones (excluding diaryl/α,β-unsaturated/α-hetero) is 1. The first-order valence-corrected chi connectivity index (χ1v) is 6.56. The molecule has 2 nitrogen and oxygen atoms in total. The minimum Gasteiger partial charge on any atom is -0.292 e. The number of pyridine rings is 1. The van der Waals surface area contributed by atoms with Crippen LogP contribution in [0.2, 0.25) is 5.02 Å². The van der Waals surface area contributed by atoms with Gasteiger partial charge in [0.05, 0.1) is 5.02 Å². The van der Waals surface area contributed by atoms with E-state index in [1.54, 1.807) is 12.1 Å². The maximum atomic E-state index is 12.2. The predicted molar refractivity (Wildman–Crippen MR) is 77.9 cm³/mol. The molecule has 0 saturated heterocycles. The molecule has 0 bridgehead atoms. The SMILES string of the molecule is Cc1cc(C)c(CC(=O)c2ccc(Cl)cn2)c(C)c1. The molecule has 1 aromatic heterocycles. The summed E-state index contributed by atoms with van der Waals surface area (Å²) in [5, 5.41) is 0.541. The second kappa shape index (κ2) is 5.54. The van der Waals surface area contributed by atoms with Gasteiger partial charge in [0.1, 0.15) is 5.69 Å². The van der Waals surface area contributed by atoms with Crippen LogP contribution in [-0.2, 0) is 6.42 Å². The molecule has 19 heavy (non-hydrogen) atoms. The van der Waals surface area contributed by atoms with Crippen LogP contribution >= 0.6 is 11.6 Å². The van der Waals surface area contributed by atoms with Crippen molar-refractivity contribution in [3.8, 4) is 0 Å². The molecule has 0 saturated carbocycles. The average molecular weight is 274 g/mol. The van der Waals surface area contributed by atoms with Crippen LogP contribution in [0.3, 0.4) is 0 Å². The second-order valence-corrected chi connectivity index (χ2v) is 5.28. The molecule has 1 heterocycles. The number of ketones is 1. The molecule has 0 aliphatic carbocycles. The average Bonchev–Trinajstić information content (AvgIpc) is 2.34. The monoisotopic (exact) mass is 273 g/mol. The van der Waals surface area contributed by atoms with Gasteiger partial charge >= 0.3 is 0 Å². The summed E-state index contributed by atoms with van der Waals surface area (Å²) in [5.41, 5.74) is 5.08. The van der Waals surface area contributed by atoms with E-state index in [2.05, 4.69) is 24.0 Å². The maximum absolute atomic E-state index is 12.2. The molecule has 0 atom stereocenters. The fraction of sp³-hybridized carbons (Fsp3) is 0.250. The summed E-state index contributed by atoms with van der Waals surface area (Å²) < 4.78 is 0. The lowest BCUT2D eigenvalue weighted by Gasteiger charge is -2.10. The van der Waals surface area contributed by atoms with Crippen molar-refractivity contribution in [2.45, 2.75) is 27.2 Å². The molecule has 0 N–H and O–H groups in total. The lowest BCUT2D eigenvalue weighted by Crippen LogP contribution is -2.08. The summed E-state index contributed by atoms with van der Waals surface area (Å²) in [6.45, 7) is 6.14. The smallest absolute Gasteiger partial charge is 0.185 e. The Morgan fingerprint density at radius 3 is 2.32 bits per heavy atom. The Hall–Kier alpha value is -1.67. The van der Waals surface area contributed by atoms with E-state index in [-0.39, 0.29) is 5.78 Å². The van der Waals surface area contributed by atoms with Gasteiger partial charge in [-0.05, 0) is 49.6 Å². The summed E-state index contributed by atoms with van der Waals surface area (Å²) in [5.74, 6) is 0.0201. The van der Waals surface area contributed by atoms with Crippen LogP contribution in [0.25, 0.3) is 0 Å². The molecular weight excluding hydrogens is 258 g/mol. The molecule has 0 aliphatic rings. The topological polar surface area (TPSA) is 30.0 Å². The number of halogens is 1. The Balaban J connectivity index is 2.26. The third-order valence-corrected chi connectivity index (χ3v) is 3.41. The van der Waals surface area contributed by atoms with Crippen LogP contribution in [0, 0.1) is 20.8 Å². The van der Waals surface area contributed by atoms with Crippen molar-refractivity contribution in [3.63, 3.8) is 0 Å². The molecule has 2 aromatic rings. The zero-order chi connectivity index (χ0) is 14.0. The van der Waals surface area contributed by atoms with Gasteiger partial charge in [0.15, 0.2) is 5.78 Å². The van der Waals surface area contributed by atoms with E-state index in [1.807, 2.05) is 13.8 Å². The van der Waals surface area contributed by atoms with Crippen LogP contribution in [0.1, 0.15) is 32.7 Å². The van der Waals surface area contributed by atoms with E-state index < -0.39 is 0 Å². The normalized spacial score (nSPS) is 10.5. The molecule has 98 valence electrons. The van der Waals surface area contributed by atoms with E-state index in [0.29, 0.717) is 17.1 Å². The van der Waals surface area contributed by atoms with E-state index >= 15 is 0 Å². The van der Waals surface area contributed by atoms with Crippen LogP contribution in [0.5, 0.6) is 0 Å². The number of hydrogen-bond donors (Lipinski definition) is 0. The highest BCUT2D eigenvalue weighted by molar-refractivity contribution is 6.30. The highest BCUT2D eigenvalue weighted by Crippen LogP contribution is 2.18. The number of hydrogen-bond acceptors (Lipinski definition) is 2. The highest BCUT2D eigenvalue weighted by Gasteiger charge is 2.12. The molecule has 0 fully saturated rings. The van der Waals surface area contributed by atoms with Gasteiger partial charge in [0.2, 0.25) is 0 Å². The van der Waals surface area contributed by atoms with E-state index in [4.69, 9.17) is 11.6 Å². The van der Waals surface area contributed by atoms with Gasteiger partial charge in [-0.3, -0.25) is 9.78 Å². The number of benzene rings is 1. The van der Waals surface area contributed by atoms with Gasteiger partial charge in [0.25, 0.3) is 0 Å². The molecule has 0 radical (unpaired) electrons. The zero-order valence-electron chi connectivity index (χ0n) is 11.3. The number of aryl methyl sites for hydroxylation is 3. The van der Waals surface area contributed by atoms with Gasteiger partial charge in [0, 0.05) is 12.6 Å². The lowest BCUT2D eigenvalue weighted by atomic mass is 9.95. The van der Waals surface area contributed by atoms with Crippen LogP contribution in [-0.4, -0.2) is 10.8 Å². The van der Waals surface area contributed by atoms with Gasteiger partial charge < -0.3 is 0 Å².